The summed E-state index contributed by atoms with van der Waals surface area (Å²) in [4.78, 5) is 17.8. The number of methoxy groups -OCH3 is 3. The molecule has 3 heterocycles. The highest BCUT2D eigenvalue weighted by molar-refractivity contribution is 7.13. The third-order valence-electron chi connectivity index (χ3n) is 5.23. The molecule has 1 aliphatic heterocycles. The fourth-order valence-electron chi connectivity index (χ4n) is 3.54. The summed E-state index contributed by atoms with van der Waals surface area (Å²) in [6, 6.07) is 11.2. The monoisotopic (exact) mass is 455 g/mol. The molecule has 2 amide bonds. The fourth-order valence-corrected chi connectivity index (χ4v) is 4.23. The second-order valence-corrected chi connectivity index (χ2v) is 8.02. The van der Waals surface area contributed by atoms with E-state index in [4.69, 9.17) is 14.2 Å². The number of benzene rings is 1. The molecule has 4 rings (SSSR count). The van der Waals surface area contributed by atoms with Crippen LogP contribution in [0.1, 0.15) is 0 Å². The maximum atomic E-state index is 12.8. The minimum Gasteiger partial charge on any atom is -0.493 e. The van der Waals surface area contributed by atoms with Gasteiger partial charge in [-0.1, -0.05) is 6.07 Å². The first-order chi connectivity index (χ1) is 15.6. The van der Waals surface area contributed by atoms with Crippen molar-refractivity contribution in [3.05, 3.63) is 41.8 Å². The Morgan fingerprint density at radius 3 is 2.22 bits per heavy atom. The minimum atomic E-state index is -0.182. The smallest absolute Gasteiger partial charge is 0.321 e. The van der Waals surface area contributed by atoms with Gasteiger partial charge in [0.05, 0.1) is 31.9 Å². The van der Waals surface area contributed by atoms with Gasteiger partial charge in [0.2, 0.25) is 5.75 Å². The van der Waals surface area contributed by atoms with Crippen molar-refractivity contribution in [2.75, 3.05) is 57.7 Å². The van der Waals surface area contributed by atoms with Crippen molar-refractivity contribution in [1.82, 2.24) is 15.1 Å². The van der Waals surface area contributed by atoms with Gasteiger partial charge in [-0.25, -0.2) is 4.79 Å². The van der Waals surface area contributed by atoms with Crippen molar-refractivity contribution >= 4 is 28.9 Å². The van der Waals surface area contributed by atoms with Crippen molar-refractivity contribution in [2.24, 2.45) is 0 Å². The van der Waals surface area contributed by atoms with E-state index in [-0.39, 0.29) is 6.03 Å². The standard InChI is InChI=1S/C22H25N5O4S/c1-29-17-13-15(14-18(30-2)21(17)31-3)23-22(28)27-10-8-26(9-11-27)20-7-6-16(24-25-20)19-5-4-12-32-19/h4-7,12-14H,8-11H2,1-3H3,(H,23,28). The Bertz CT molecular complexity index is 1030. The molecule has 0 atom stereocenters. The van der Waals surface area contributed by atoms with E-state index < -0.39 is 0 Å². The van der Waals surface area contributed by atoms with Crippen LogP contribution in [0.2, 0.25) is 0 Å². The fraction of sp³-hybridized carbons (Fsp3) is 0.318. The normalized spacial score (nSPS) is 13.6. The Balaban J connectivity index is 1.37. The number of piperazine rings is 1. The Morgan fingerprint density at radius 1 is 0.969 bits per heavy atom. The van der Waals surface area contributed by atoms with Gasteiger partial charge in [-0.3, -0.25) is 0 Å². The van der Waals surface area contributed by atoms with Gasteiger partial charge < -0.3 is 29.3 Å². The summed E-state index contributed by atoms with van der Waals surface area (Å²) in [5.41, 5.74) is 1.44. The number of rotatable bonds is 6. The predicted octanol–water partition coefficient (Wildman–Crippen LogP) is 3.59. The molecule has 0 aliphatic carbocycles. The number of anilines is 2. The minimum absolute atomic E-state index is 0.182. The Hall–Kier alpha value is -3.53. The van der Waals surface area contributed by atoms with Crippen molar-refractivity contribution < 1.29 is 19.0 Å². The van der Waals surface area contributed by atoms with Crippen molar-refractivity contribution in [1.29, 1.82) is 0 Å². The molecule has 0 unspecified atom stereocenters. The number of urea groups is 1. The summed E-state index contributed by atoms with van der Waals surface area (Å²) in [5, 5.41) is 13.7. The van der Waals surface area contributed by atoms with Gasteiger partial charge in [-0.15, -0.1) is 21.5 Å². The van der Waals surface area contributed by atoms with Crippen LogP contribution in [0.3, 0.4) is 0 Å². The lowest BCUT2D eigenvalue weighted by Gasteiger charge is -2.35. The summed E-state index contributed by atoms with van der Waals surface area (Å²) < 4.78 is 16.0. The Kier molecular flexibility index (Phi) is 6.60. The van der Waals surface area contributed by atoms with E-state index in [1.54, 1.807) is 28.4 Å². The maximum absolute atomic E-state index is 12.8. The summed E-state index contributed by atoms with van der Waals surface area (Å²) in [7, 11) is 4.62. The van der Waals surface area contributed by atoms with E-state index in [1.807, 2.05) is 29.6 Å². The average molecular weight is 456 g/mol. The molecule has 1 aliphatic rings. The highest BCUT2D eigenvalue weighted by Gasteiger charge is 2.23. The number of ether oxygens (including phenoxy) is 3. The lowest BCUT2D eigenvalue weighted by Crippen LogP contribution is -2.50. The van der Waals surface area contributed by atoms with E-state index in [9.17, 15) is 4.79 Å². The SMILES string of the molecule is COc1cc(NC(=O)N2CCN(c3ccc(-c4cccs4)nn3)CC2)cc(OC)c1OC. The molecule has 10 heteroatoms. The Morgan fingerprint density at radius 2 is 1.69 bits per heavy atom. The van der Waals surface area contributed by atoms with Gasteiger partial charge in [0, 0.05) is 38.3 Å². The van der Waals surface area contributed by atoms with Gasteiger partial charge in [-0.05, 0) is 23.6 Å². The molecule has 0 bridgehead atoms. The molecule has 0 radical (unpaired) electrons. The largest absolute Gasteiger partial charge is 0.493 e. The van der Waals surface area contributed by atoms with E-state index in [1.165, 1.54) is 21.3 Å². The molecule has 1 aromatic carbocycles. The van der Waals surface area contributed by atoms with Crippen LogP contribution >= 0.6 is 11.3 Å². The lowest BCUT2D eigenvalue weighted by molar-refractivity contribution is 0.208. The zero-order valence-corrected chi connectivity index (χ0v) is 19.0. The molecule has 2 aromatic heterocycles. The number of carbonyl (C=O) groups is 1. The molecule has 3 aromatic rings. The van der Waals surface area contributed by atoms with Crippen LogP contribution in [0.4, 0.5) is 16.3 Å². The summed E-state index contributed by atoms with van der Waals surface area (Å²) in [6.07, 6.45) is 0. The molecule has 168 valence electrons. The van der Waals surface area contributed by atoms with Crippen LogP contribution in [-0.4, -0.2) is 68.6 Å². The number of hydrogen-bond donors (Lipinski definition) is 1. The number of aromatic nitrogens is 2. The molecule has 0 spiro atoms. The van der Waals surface area contributed by atoms with E-state index in [2.05, 4.69) is 20.4 Å². The van der Waals surface area contributed by atoms with Gasteiger partial charge >= 0.3 is 6.03 Å². The molecule has 1 saturated heterocycles. The van der Waals surface area contributed by atoms with Crippen LogP contribution in [0.15, 0.2) is 41.8 Å². The van der Waals surface area contributed by atoms with Gasteiger partial charge in [-0.2, -0.15) is 0 Å². The highest BCUT2D eigenvalue weighted by atomic mass is 32.1. The average Bonchev–Trinajstić information content (AvgIpc) is 3.38. The number of nitrogens with zero attached hydrogens (tertiary/aromatic N) is 4. The quantitative estimate of drug-likeness (QED) is 0.608. The number of amides is 2. The molecular weight excluding hydrogens is 430 g/mol. The third kappa shape index (κ3) is 4.54. The van der Waals surface area contributed by atoms with Crippen molar-refractivity contribution in [3.63, 3.8) is 0 Å². The number of thiophene rings is 1. The molecule has 9 nitrogen and oxygen atoms in total. The molecule has 1 N–H and O–H groups in total. The zero-order valence-electron chi connectivity index (χ0n) is 18.2. The maximum Gasteiger partial charge on any atom is 0.321 e. The van der Waals surface area contributed by atoms with Crippen LogP contribution in [0.25, 0.3) is 10.6 Å². The lowest BCUT2D eigenvalue weighted by atomic mass is 10.2. The summed E-state index contributed by atoms with van der Waals surface area (Å²) in [6.45, 7) is 2.50. The number of nitrogens with one attached hydrogen (secondary N) is 1. The van der Waals surface area contributed by atoms with Crippen molar-refractivity contribution in [3.8, 4) is 27.8 Å². The molecule has 0 saturated carbocycles. The van der Waals surface area contributed by atoms with Crippen LogP contribution < -0.4 is 24.4 Å². The molecule has 1 fully saturated rings. The molecular formula is C22H25N5O4S. The van der Waals surface area contributed by atoms with E-state index in [0.717, 1.165) is 16.4 Å². The Labute approximate surface area is 190 Å². The highest BCUT2D eigenvalue weighted by Crippen LogP contribution is 2.40. The van der Waals surface area contributed by atoms with Crippen molar-refractivity contribution in [2.45, 2.75) is 0 Å². The second kappa shape index (κ2) is 9.73. The summed E-state index contributed by atoms with van der Waals surface area (Å²) in [5.74, 6) is 2.26. The second-order valence-electron chi connectivity index (χ2n) is 7.07. The zero-order chi connectivity index (χ0) is 22.5. The first-order valence-corrected chi connectivity index (χ1v) is 11.0. The van der Waals surface area contributed by atoms with Gasteiger partial charge in [0.25, 0.3) is 0 Å². The van der Waals surface area contributed by atoms with Gasteiger partial charge in [0.15, 0.2) is 17.3 Å². The van der Waals surface area contributed by atoms with Crippen LogP contribution in [0.5, 0.6) is 17.2 Å². The van der Waals surface area contributed by atoms with E-state index >= 15 is 0 Å². The molecule has 32 heavy (non-hydrogen) atoms. The van der Waals surface area contributed by atoms with Gasteiger partial charge in [0.1, 0.15) is 5.69 Å². The number of carbonyl (C=O) groups excluding carboxylic acids is 1. The van der Waals surface area contributed by atoms with Crippen LogP contribution in [0, 0.1) is 0 Å². The number of hydrogen-bond acceptors (Lipinski definition) is 8. The topological polar surface area (TPSA) is 89.1 Å². The first-order valence-electron chi connectivity index (χ1n) is 10.1. The summed E-state index contributed by atoms with van der Waals surface area (Å²) >= 11 is 1.64. The third-order valence-corrected chi connectivity index (χ3v) is 6.12. The van der Waals surface area contributed by atoms with E-state index in [0.29, 0.717) is 49.1 Å². The predicted molar refractivity (Wildman–Crippen MR) is 124 cm³/mol. The first kappa shape index (κ1) is 21.7. The van der Waals surface area contributed by atoms with Crippen LogP contribution in [-0.2, 0) is 0 Å².